The summed E-state index contributed by atoms with van der Waals surface area (Å²) >= 11 is 12.3. The van der Waals surface area contributed by atoms with E-state index in [4.69, 9.17) is 38.4 Å². The third-order valence-electron chi connectivity index (χ3n) is 3.29. The number of nitrogens with two attached hydrogens (primary N) is 1. The van der Waals surface area contributed by atoms with Gasteiger partial charge in [-0.2, -0.15) is 0 Å². The van der Waals surface area contributed by atoms with Gasteiger partial charge in [-0.05, 0) is 26.0 Å². The lowest BCUT2D eigenvalue weighted by Crippen LogP contribution is -2.37. The maximum absolute atomic E-state index is 12.3. The molecule has 2 rings (SSSR count). The van der Waals surface area contributed by atoms with Crippen molar-refractivity contribution in [2.75, 3.05) is 13.7 Å². The lowest BCUT2D eigenvalue weighted by molar-refractivity contribution is -0.138. The summed E-state index contributed by atoms with van der Waals surface area (Å²) < 4.78 is 10.5. The van der Waals surface area contributed by atoms with E-state index in [9.17, 15) is 4.79 Å². The maximum Gasteiger partial charge on any atom is 0.338 e. The molecule has 0 bridgehead atoms. The molecule has 23 heavy (non-hydrogen) atoms. The van der Waals surface area contributed by atoms with E-state index >= 15 is 0 Å². The fourth-order valence-corrected chi connectivity index (χ4v) is 2.98. The van der Waals surface area contributed by atoms with Gasteiger partial charge in [-0.3, -0.25) is 0 Å². The topological polar surface area (TPSA) is 85.9 Å². The van der Waals surface area contributed by atoms with Crippen molar-refractivity contribution in [2.24, 2.45) is 10.7 Å². The highest BCUT2D eigenvalue weighted by Gasteiger charge is 2.32. The smallest absolute Gasteiger partial charge is 0.338 e. The van der Waals surface area contributed by atoms with Crippen molar-refractivity contribution in [3.63, 3.8) is 0 Å². The Morgan fingerprint density at radius 1 is 1.43 bits per heavy atom. The number of methoxy groups -OCH3 is 1. The number of nitrogens with zero attached hydrogens (tertiary/aromatic N) is 1. The Balaban J connectivity index is 2.62. The predicted molar refractivity (Wildman–Crippen MR) is 89.8 cm³/mol. The van der Waals surface area contributed by atoms with Gasteiger partial charge in [-0.1, -0.05) is 23.2 Å². The number of rotatable bonds is 4. The molecular weight excluding hydrogens is 341 g/mol. The summed E-state index contributed by atoms with van der Waals surface area (Å²) in [6.07, 6.45) is 0. The van der Waals surface area contributed by atoms with E-state index in [0.717, 1.165) is 0 Å². The maximum atomic E-state index is 12.3. The summed E-state index contributed by atoms with van der Waals surface area (Å²) in [5.41, 5.74) is 7.23. The number of benzene rings is 1. The summed E-state index contributed by atoms with van der Waals surface area (Å²) in [7, 11) is 1.48. The number of nitrogens with one attached hydrogen (secondary N) is 1. The molecule has 1 aliphatic heterocycles. The molecule has 0 spiro atoms. The van der Waals surface area contributed by atoms with Gasteiger partial charge >= 0.3 is 5.97 Å². The second-order valence-electron chi connectivity index (χ2n) is 4.81. The van der Waals surface area contributed by atoms with Gasteiger partial charge in [0, 0.05) is 16.3 Å². The zero-order valence-electron chi connectivity index (χ0n) is 12.9. The van der Waals surface area contributed by atoms with Gasteiger partial charge < -0.3 is 20.5 Å². The first-order valence-corrected chi connectivity index (χ1v) is 7.65. The van der Waals surface area contributed by atoms with Crippen molar-refractivity contribution < 1.29 is 14.3 Å². The monoisotopic (exact) mass is 357 g/mol. The quantitative estimate of drug-likeness (QED) is 0.809. The van der Waals surface area contributed by atoms with Crippen LogP contribution in [0.2, 0.25) is 10.0 Å². The summed E-state index contributed by atoms with van der Waals surface area (Å²) in [6.45, 7) is 3.70. The van der Waals surface area contributed by atoms with Gasteiger partial charge in [0.05, 0.1) is 24.3 Å². The number of carbonyl (C=O) groups excluding carboxylic acids is 1. The van der Waals surface area contributed by atoms with Gasteiger partial charge in [0.15, 0.2) is 5.96 Å². The molecule has 3 N–H and O–H groups in total. The van der Waals surface area contributed by atoms with Crippen LogP contribution in [0.4, 0.5) is 0 Å². The number of hydrogen-bond donors (Lipinski definition) is 2. The average Bonchev–Trinajstić information content (AvgIpc) is 2.45. The van der Waals surface area contributed by atoms with Crippen molar-refractivity contribution in [3.05, 3.63) is 39.0 Å². The van der Waals surface area contributed by atoms with E-state index in [1.54, 1.807) is 26.0 Å². The molecule has 1 atom stereocenters. The second kappa shape index (κ2) is 7.10. The number of halogens is 2. The third-order valence-corrected chi connectivity index (χ3v) is 3.79. The molecule has 8 heteroatoms. The van der Waals surface area contributed by atoms with Gasteiger partial charge in [0.1, 0.15) is 11.8 Å². The van der Waals surface area contributed by atoms with Crippen LogP contribution in [0, 0.1) is 0 Å². The minimum Gasteiger partial charge on any atom is -0.495 e. The summed E-state index contributed by atoms with van der Waals surface area (Å²) in [6, 6.07) is 2.48. The number of esters is 1. The molecular formula is C15H17Cl2N3O3. The fourth-order valence-electron chi connectivity index (χ4n) is 2.40. The van der Waals surface area contributed by atoms with Gasteiger partial charge in [0.25, 0.3) is 0 Å². The van der Waals surface area contributed by atoms with Gasteiger partial charge in [0.2, 0.25) is 0 Å². The van der Waals surface area contributed by atoms with Crippen LogP contribution in [0.3, 0.4) is 0 Å². The number of hydrogen-bond acceptors (Lipinski definition) is 6. The van der Waals surface area contributed by atoms with Crippen LogP contribution in [0.25, 0.3) is 0 Å². The molecule has 0 aromatic heterocycles. The first-order valence-electron chi connectivity index (χ1n) is 6.90. The Kier molecular flexibility index (Phi) is 5.38. The summed E-state index contributed by atoms with van der Waals surface area (Å²) in [5.74, 6) is 0.0738. The van der Waals surface area contributed by atoms with Gasteiger partial charge in [-0.15, -0.1) is 0 Å². The zero-order chi connectivity index (χ0) is 17.1. The predicted octanol–water partition coefficient (Wildman–Crippen LogP) is 2.80. The number of allylic oxidation sites excluding steroid dienone is 1. The first-order chi connectivity index (χ1) is 10.9. The lowest BCUT2D eigenvalue weighted by atomic mass is 9.95. The summed E-state index contributed by atoms with van der Waals surface area (Å²) in [4.78, 5) is 16.6. The van der Waals surface area contributed by atoms with E-state index in [0.29, 0.717) is 32.6 Å². The van der Waals surface area contributed by atoms with Crippen LogP contribution in [-0.4, -0.2) is 25.6 Å². The van der Waals surface area contributed by atoms with Crippen molar-refractivity contribution >= 4 is 35.1 Å². The Bertz CT molecular complexity index is 701. The standard InChI is InChI=1S/C15H17Cl2N3O3/c1-4-23-14(21)11-7(2)19-15(18)20-12(11)9-5-8(16)6-10(17)13(9)22-3/h5-6,12H,4H2,1-3H3,(H3,18,19,20). The first kappa shape index (κ1) is 17.4. The average molecular weight is 358 g/mol. The highest BCUT2D eigenvalue weighted by molar-refractivity contribution is 6.35. The number of carbonyl (C=O) groups is 1. The van der Waals surface area contributed by atoms with Crippen LogP contribution >= 0.6 is 23.2 Å². The Labute approximate surface area is 144 Å². The summed E-state index contributed by atoms with van der Waals surface area (Å²) in [5, 5.41) is 3.56. The van der Waals surface area contributed by atoms with Crippen LogP contribution < -0.4 is 15.8 Å². The molecule has 1 aliphatic rings. The fraction of sp³-hybridized carbons (Fsp3) is 0.333. The van der Waals surface area contributed by atoms with Gasteiger partial charge in [-0.25, -0.2) is 9.79 Å². The Morgan fingerprint density at radius 2 is 2.13 bits per heavy atom. The van der Waals surface area contributed by atoms with Crippen LogP contribution in [-0.2, 0) is 9.53 Å². The van der Waals surface area contributed by atoms with E-state index in [1.807, 2.05) is 0 Å². The third kappa shape index (κ3) is 3.54. The number of aliphatic imine (C=N–C) groups is 1. The van der Waals surface area contributed by atoms with E-state index in [2.05, 4.69) is 10.3 Å². The molecule has 0 radical (unpaired) electrons. The molecule has 1 unspecified atom stereocenters. The molecule has 0 saturated heterocycles. The molecule has 0 amide bonds. The molecule has 1 aromatic carbocycles. The molecule has 6 nitrogen and oxygen atoms in total. The van der Waals surface area contributed by atoms with E-state index < -0.39 is 12.0 Å². The van der Waals surface area contributed by atoms with Crippen LogP contribution in [0.5, 0.6) is 5.75 Å². The molecule has 1 heterocycles. The Morgan fingerprint density at radius 3 is 2.74 bits per heavy atom. The van der Waals surface area contributed by atoms with Crippen molar-refractivity contribution in [1.29, 1.82) is 0 Å². The van der Waals surface area contributed by atoms with Crippen LogP contribution in [0.15, 0.2) is 28.4 Å². The van der Waals surface area contributed by atoms with Crippen LogP contribution in [0.1, 0.15) is 25.5 Å². The van der Waals surface area contributed by atoms with Crippen molar-refractivity contribution in [2.45, 2.75) is 19.9 Å². The molecule has 124 valence electrons. The number of guanidine groups is 1. The SMILES string of the molecule is CCOC(=O)C1=C(C)NC(N)=NC1c1cc(Cl)cc(Cl)c1OC. The molecule has 0 fully saturated rings. The normalized spacial score (nSPS) is 17.4. The highest BCUT2D eigenvalue weighted by atomic mass is 35.5. The lowest BCUT2D eigenvalue weighted by Gasteiger charge is -2.26. The van der Waals surface area contributed by atoms with E-state index in [1.165, 1.54) is 7.11 Å². The van der Waals surface area contributed by atoms with Crippen molar-refractivity contribution in [3.8, 4) is 5.75 Å². The largest absolute Gasteiger partial charge is 0.495 e. The zero-order valence-corrected chi connectivity index (χ0v) is 14.5. The van der Waals surface area contributed by atoms with E-state index in [-0.39, 0.29) is 12.6 Å². The molecule has 1 aromatic rings. The number of ether oxygens (including phenoxy) is 2. The second-order valence-corrected chi connectivity index (χ2v) is 5.65. The highest BCUT2D eigenvalue weighted by Crippen LogP contribution is 2.41. The molecule has 0 aliphatic carbocycles. The van der Waals surface area contributed by atoms with Crippen molar-refractivity contribution in [1.82, 2.24) is 5.32 Å². The molecule has 0 saturated carbocycles. The minimum atomic E-state index is -0.721. The minimum absolute atomic E-state index is 0.179. The Hall–Kier alpha value is -1.92.